The SMILES string of the molecule is COc1ccc(/C(O)=C2\C(=O)C(=O)N(CCCN(C)C)C2c2ccc(Cl)c(Cl)c2)cc1F. The molecule has 1 fully saturated rings. The Balaban J connectivity index is 2.13. The number of aliphatic hydroxyl groups is 1. The smallest absolute Gasteiger partial charge is 0.295 e. The van der Waals surface area contributed by atoms with Crippen LogP contribution in [-0.2, 0) is 9.59 Å². The molecule has 1 amide bonds. The first-order chi connectivity index (χ1) is 15.1. The molecule has 1 atom stereocenters. The van der Waals surface area contributed by atoms with Crippen LogP contribution in [0.3, 0.4) is 0 Å². The molecule has 1 unspecified atom stereocenters. The van der Waals surface area contributed by atoms with Crippen molar-refractivity contribution in [2.75, 3.05) is 34.3 Å². The number of rotatable bonds is 7. The van der Waals surface area contributed by atoms with Gasteiger partial charge in [0, 0.05) is 12.1 Å². The fourth-order valence-electron chi connectivity index (χ4n) is 3.67. The fraction of sp³-hybridized carbons (Fsp3) is 0.304. The topological polar surface area (TPSA) is 70.1 Å². The standard InChI is InChI=1S/C23H23Cl2FN2O4/c1-27(2)9-4-10-28-20(13-5-7-15(24)16(25)11-13)19(22(30)23(28)31)21(29)14-6-8-18(32-3)17(26)12-14/h5-8,11-12,20,29H,4,9-10H2,1-3H3/b21-19+. The maximum atomic E-state index is 14.3. The normalized spacial score (nSPS) is 18.0. The van der Waals surface area contributed by atoms with E-state index in [1.807, 2.05) is 19.0 Å². The van der Waals surface area contributed by atoms with Gasteiger partial charge in [0.1, 0.15) is 5.76 Å². The molecule has 0 bridgehead atoms. The molecule has 0 aliphatic carbocycles. The van der Waals surface area contributed by atoms with Crippen LogP contribution in [0, 0.1) is 5.82 Å². The minimum Gasteiger partial charge on any atom is -0.507 e. The number of benzene rings is 2. The second kappa shape index (κ2) is 9.90. The number of hydrogen-bond acceptors (Lipinski definition) is 5. The van der Waals surface area contributed by atoms with Crippen LogP contribution in [-0.4, -0.2) is 60.9 Å². The molecule has 2 aromatic carbocycles. The summed E-state index contributed by atoms with van der Waals surface area (Å²) >= 11 is 12.2. The summed E-state index contributed by atoms with van der Waals surface area (Å²) in [6, 6.07) is 7.68. The predicted octanol–water partition coefficient (Wildman–Crippen LogP) is 4.51. The maximum Gasteiger partial charge on any atom is 0.295 e. The van der Waals surface area contributed by atoms with E-state index < -0.39 is 29.3 Å². The van der Waals surface area contributed by atoms with Crippen molar-refractivity contribution in [2.45, 2.75) is 12.5 Å². The van der Waals surface area contributed by atoms with Crippen molar-refractivity contribution in [2.24, 2.45) is 0 Å². The minimum absolute atomic E-state index is 0.00767. The summed E-state index contributed by atoms with van der Waals surface area (Å²) in [6.07, 6.45) is 0.606. The van der Waals surface area contributed by atoms with E-state index in [2.05, 4.69) is 0 Å². The van der Waals surface area contributed by atoms with Crippen molar-refractivity contribution < 1.29 is 23.8 Å². The molecule has 1 aliphatic heterocycles. The Morgan fingerprint density at radius 3 is 2.47 bits per heavy atom. The number of Topliss-reactive ketones (excluding diaryl/α,β-unsaturated/α-hetero) is 1. The third-order valence-corrected chi connectivity index (χ3v) is 5.97. The molecule has 1 N–H and O–H groups in total. The van der Waals surface area contributed by atoms with Crippen LogP contribution in [0.25, 0.3) is 5.76 Å². The highest BCUT2D eigenvalue weighted by molar-refractivity contribution is 6.46. The molecular weight excluding hydrogens is 458 g/mol. The second-order valence-electron chi connectivity index (χ2n) is 7.67. The molecule has 32 heavy (non-hydrogen) atoms. The first-order valence-electron chi connectivity index (χ1n) is 9.87. The zero-order valence-corrected chi connectivity index (χ0v) is 19.4. The lowest BCUT2D eigenvalue weighted by Gasteiger charge is -2.26. The molecule has 170 valence electrons. The number of hydrogen-bond donors (Lipinski definition) is 1. The van der Waals surface area contributed by atoms with Gasteiger partial charge in [-0.1, -0.05) is 29.3 Å². The number of likely N-dealkylation sites (tertiary alicyclic amines) is 1. The molecule has 0 radical (unpaired) electrons. The van der Waals surface area contributed by atoms with Crippen LogP contribution in [0.15, 0.2) is 42.0 Å². The van der Waals surface area contributed by atoms with Gasteiger partial charge in [-0.3, -0.25) is 9.59 Å². The lowest BCUT2D eigenvalue weighted by molar-refractivity contribution is -0.139. The van der Waals surface area contributed by atoms with Crippen molar-refractivity contribution in [3.05, 3.63) is 69.0 Å². The molecule has 6 nitrogen and oxygen atoms in total. The average molecular weight is 481 g/mol. The highest BCUT2D eigenvalue weighted by Gasteiger charge is 2.46. The van der Waals surface area contributed by atoms with Crippen LogP contribution in [0.4, 0.5) is 4.39 Å². The highest BCUT2D eigenvalue weighted by Crippen LogP contribution is 2.41. The monoisotopic (exact) mass is 480 g/mol. The second-order valence-corrected chi connectivity index (χ2v) is 8.49. The van der Waals surface area contributed by atoms with E-state index in [-0.39, 0.29) is 28.5 Å². The number of carbonyl (C=O) groups excluding carboxylic acids is 2. The number of nitrogens with zero attached hydrogens (tertiary/aromatic N) is 2. The Bertz CT molecular complexity index is 1090. The minimum atomic E-state index is -0.892. The van der Waals surface area contributed by atoms with Gasteiger partial charge < -0.3 is 19.6 Å². The largest absolute Gasteiger partial charge is 0.507 e. The van der Waals surface area contributed by atoms with Gasteiger partial charge in [-0.15, -0.1) is 0 Å². The number of carbonyl (C=O) groups is 2. The number of methoxy groups -OCH3 is 1. The first kappa shape index (κ1) is 24.0. The van der Waals surface area contributed by atoms with Crippen molar-refractivity contribution >= 4 is 40.7 Å². The average Bonchev–Trinajstić information content (AvgIpc) is 3.00. The molecular formula is C23H23Cl2FN2O4. The summed E-state index contributed by atoms with van der Waals surface area (Å²) in [6.45, 7) is 0.974. The van der Waals surface area contributed by atoms with Crippen molar-refractivity contribution in [1.82, 2.24) is 9.80 Å². The van der Waals surface area contributed by atoms with E-state index in [0.29, 0.717) is 23.6 Å². The molecule has 1 saturated heterocycles. The summed E-state index contributed by atoms with van der Waals surface area (Å²) in [7, 11) is 5.13. The van der Waals surface area contributed by atoms with Crippen LogP contribution in [0.1, 0.15) is 23.6 Å². The first-order valence-corrected chi connectivity index (χ1v) is 10.6. The zero-order valence-electron chi connectivity index (χ0n) is 17.9. The van der Waals surface area contributed by atoms with Gasteiger partial charge in [0.2, 0.25) is 0 Å². The van der Waals surface area contributed by atoms with Crippen molar-refractivity contribution in [3.8, 4) is 5.75 Å². The van der Waals surface area contributed by atoms with Crippen molar-refractivity contribution in [3.63, 3.8) is 0 Å². The maximum absolute atomic E-state index is 14.3. The van der Waals surface area contributed by atoms with Crippen LogP contribution >= 0.6 is 23.2 Å². The number of ether oxygens (including phenoxy) is 1. The van der Waals surface area contributed by atoms with E-state index in [0.717, 1.165) is 6.07 Å². The molecule has 3 rings (SSSR count). The van der Waals surface area contributed by atoms with E-state index in [4.69, 9.17) is 27.9 Å². The van der Waals surface area contributed by atoms with Crippen LogP contribution in [0.5, 0.6) is 5.75 Å². The number of aliphatic hydroxyl groups excluding tert-OH is 1. The highest BCUT2D eigenvalue weighted by atomic mass is 35.5. The molecule has 0 saturated carbocycles. The Morgan fingerprint density at radius 2 is 1.88 bits per heavy atom. The summed E-state index contributed by atoms with van der Waals surface area (Å²) in [4.78, 5) is 29.2. The van der Waals surface area contributed by atoms with Gasteiger partial charge in [-0.05, 0) is 63.0 Å². The lowest BCUT2D eigenvalue weighted by atomic mass is 9.95. The molecule has 1 aliphatic rings. The van der Waals surface area contributed by atoms with E-state index in [1.165, 1.54) is 24.1 Å². The zero-order chi connectivity index (χ0) is 23.6. The Labute approximate surface area is 195 Å². The van der Waals surface area contributed by atoms with Crippen LogP contribution in [0.2, 0.25) is 10.0 Å². The van der Waals surface area contributed by atoms with Gasteiger partial charge in [0.25, 0.3) is 11.7 Å². The number of amides is 1. The van der Waals surface area contributed by atoms with Gasteiger partial charge in [0.15, 0.2) is 11.6 Å². The van der Waals surface area contributed by atoms with Gasteiger partial charge in [-0.2, -0.15) is 0 Å². The summed E-state index contributed by atoms with van der Waals surface area (Å²) in [5, 5.41) is 11.6. The molecule has 0 spiro atoms. The van der Waals surface area contributed by atoms with Crippen molar-refractivity contribution in [1.29, 1.82) is 0 Å². The molecule has 1 heterocycles. The van der Waals surface area contributed by atoms with E-state index >= 15 is 0 Å². The Hall–Kier alpha value is -2.61. The van der Waals surface area contributed by atoms with Gasteiger partial charge in [0.05, 0.1) is 28.8 Å². The summed E-state index contributed by atoms with van der Waals surface area (Å²) in [5.74, 6) is -2.78. The number of halogens is 3. The third-order valence-electron chi connectivity index (χ3n) is 5.23. The Kier molecular flexibility index (Phi) is 7.44. The van der Waals surface area contributed by atoms with Gasteiger partial charge >= 0.3 is 0 Å². The molecule has 9 heteroatoms. The lowest BCUT2D eigenvalue weighted by Crippen LogP contribution is -2.32. The van der Waals surface area contributed by atoms with E-state index in [9.17, 15) is 19.1 Å². The van der Waals surface area contributed by atoms with Crippen LogP contribution < -0.4 is 4.74 Å². The van der Waals surface area contributed by atoms with Gasteiger partial charge in [-0.25, -0.2) is 4.39 Å². The molecule has 0 aromatic heterocycles. The predicted molar refractivity (Wildman–Crippen MR) is 122 cm³/mol. The summed E-state index contributed by atoms with van der Waals surface area (Å²) < 4.78 is 19.2. The van der Waals surface area contributed by atoms with E-state index in [1.54, 1.807) is 18.2 Å². The number of ketones is 1. The molecule has 2 aromatic rings. The third kappa shape index (κ3) is 4.75. The fourth-order valence-corrected chi connectivity index (χ4v) is 3.97. The quantitative estimate of drug-likeness (QED) is 0.358. The Morgan fingerprint density at radius 1 is 1.16 bits per heavy atom. The summed E-state index contributed by atoms with van der Waals surface area (Å²) in [5.41, 5.74) is 0.432.